The molecular weight excluding hydrogens is 240 g/mol. The number of aromatic nitrogens is 4. The summed E-state index contributed by atoms with van der Waals surface area (Å²) >= 11 is 0. The van der Waals surface area contributed by atoms with E-state index >= 15 is 0 Å². The van der Waals surface area contributed by atoms with Crippen LogP contribution >= 0.6 is 0 Å². The van der Waals surface area contributed by atoms with Crippen LogP contribution in [-0.4, -0.2) is 19.9 Å². The number of hydrogen-bond donors (Lipinski definition) is 3. The van der Waals surface area contributed by atoms with Crippen LogP contribution in [0.2, 0.25) is 0 Å². The van der Waals surface area contributed by atoms with Gasteiger partial charge in [0.2, 0.25) is 5.95 Å². The largest absolute Gasteiger partial charge is 0.368 e. The molecule has 0 spiro atoms. The maximum absolute atomic E-state index is 5.69. The number of hydrogen-bond acceptors (Lipinski definition) is 5. The first kappa shape index (κ1) is 11.5. The number of benzene rings is 1. The lowest BCUT2D eigenvalue weighted by Gasteiger charge is -2.10. The molecule has 3 aromatic rings. The molecule has 2 aromatic heterocycles. The Morgan fingerprint density at radius 2 is 2.11 bits per heavy atom. The minimum absolute atomic E-state index is 0.205. The van der Waals surface area contributed by atoms with Gasteiger partial charge in [-0.1, -0.05) is 25.1 Å². The quantitative estimate of drug-likeness (QED) is 0.666. The number of H-pyrrole nitrogens is 1. The van der Waals surface area contributed by atoms with Crippen molar-refractivity contribution in [3.8, 4) is 0 Å². The second-order valence-electron chi connectivity index (χ2n) is 4.17. The van der Waals surface area contributed by atoms with Gasteiger partial charge in [0.1, 0.15) is 5.52 Å². The fourth-order valence-corrected chi connectivity index (χ4v) is 2.02. The number of anilines is 3. The summed E-state index contributed by atoms with van der Waals surface area (Å²) in [4.78, 5) is 15.4. The monoisotopic (exact) mass is 254 g/mol. The van der Waals surface area contributed by atoms with Crippen molar-refractivity contribution in [1.29, 1.82) is 0 Å². The highest BCUT2D eigenvalue weighted by Crippen LogP contribution is 2.24. The van der Waals surface area contributed by atoms with E-state index in [-0.39, 0.29) is 5.95 Å². The van der Waals surface area contributed by atoms with Gasteiger partial charge in [-0.05, 0) is 18.1 Å². The lowest BCUT2D eigenvalue weighted by atomic mass is 10.1. The topological polar surface area (TPSA) is 92.5 Å². The zero-order valence-corrected chi connectivity index (χ0v) is 10.5. The Morgan fingerprint density at radius 1 is 1.26 bits per heavy atom. The van der Waals surface area contributed by atoms with Gasteiger partial charge in [-0.3, -0.25) is 0 Å². The summed E-state index contributed by atoms with van der Waals surface area (Å²) in [5.74, 6) is 0.844. The number of para-hydroxylation sites is 1. The van der Waals surface area contributed by atoms with Crippen molar-refractivity contribution in [2.24, 2.45) is 0 Å². The number of nitrogens with zero attached hydrogens (tertiary/aromatic N) is 3. The third-order valence-electron chi connectivity index (χ3n) is 2.95. The number of aromatic amines is 1. The van der Waals surface area contributed by atoms with E-state index in [1.54, 1.807) is 6.33 Å². The van der Waals surface area contributed by atoms with E-state index in [9.17, 15) is 0 Å². The van der Waals surface area contributed by atoms with Crippen LogP contribution in [0, 0.1) is 0 Å². The van der Waals surface area contributed by atoms with Crippen LogP contribution in [0.15, 0.2) is 30.6 Å². The zero-order chi connectivity index (χ0) is 13.2. The third kappa shape index (κ3) is 2.08. The van der Waals surface area contributed by atoms with Gasteiger partial charge in [-0.2, -0.15) is 9.97 Å². The van der Waals surface area contributed by atoms with Gasteiger partial charge >= 0.3 is 0 Å². The molecule has 0 saturated heterocycles. The molecule has 0 radical (unpaired) electrons. The minimum atomic E-state index is 0.205. The molecule has 0 aliphatic rings. The predicted molar refractivity (Wildman–Crippen MR) is 75.2 cm³/mol. The van der Waals surface area contributed by atoms with Gasteiger partial charge in [0.15, 0.2) is 11.5 Å². The average Bonchev–Trinajstić information content (AvgIpc) is 2.87. The Hall–Kier alpha value is -2.63. The Balaban J connectivity index is 2.07. The number of nitrogen functional groups attached to an aromatic ring is 1. The normalized spacial score (nSPS) is 10.8. The van der Waals surface area contributed by atoms with Crippen molar-refractivity contribution in [1.82, 2.24) is 19.9 Å². The van der Waals surface area contributed by atoms with Crippen molar-refractivity contribution in [2.45, 2.75) is 13.3 Å². The molecule has 0 bridgehead atoms. The zero-order valence-electron chi connectivity index (χ0n) is 10.5. The molecule has 96 valence electrons. The Kier molecular flexibility index (Phi) is 2.75. The molecular formula is C13H14N6. The Bertz CT molecular complexity index is 718. The van der Waals surface area contributed by atoms with E-state index in [1.165, 1.54) is 5.56 Å². The number of nitrogens with one attached hydrogen (secondary N) is 2. The number of aryl methyl sites for hydroxylation is 1. The van der Waals surface area contributed by atoms with Gasteiger partial charge < -0.3 is 16.0 Å². The molecule has 4 N–H and O–H groups in total. The van der Waals surface area contributed by atoms with Crippen molar-refractivity contribution in [3.05, 3.63) is 36.2 Å². The molecule has 0 amide bonds. The molecule has 0 unspecified atom stereocenters. The van der Waals surface area contributed by atoms with Gasteiger partial charge in [0.25, 0.3) is 0 Å². The minimum Gasteiger partial charge on any atom is -0.368 e. The van der Waals surface area contributed by atoms with Crippen molar-refractivity contribution in [2.75, 3.05) is 11.1 Å². The number of fused-ring (bicyclic) bond motifs is 1. The molecule has 6 nitrogen and oxygen atoms in total. The molecule has 0 saturated carbocycles. The molecule has 0 atom stereocenters. The van der Waals surface area contributed by atoms with Gasteiger partial charge in [0.05, 0.1) is 6.33 Å². The van der Waals surface area contributed by atoms with E-state index in [1.807, 2.05) is 18.2 Å². The summed E-state index contributed by atoms with van der Waals surface area (Å²) in [6.07, 6.45) is 2.52. The molecule has 6 heteroatoms. The Morgan fingerprint density at radius 3 is 2.95 bits per heavy atom. The highest BCUT2D eigenvalue weighted by atomic mass is 15.1. The molecule has 1 aromatic carbocycles. The van der Waals surface area contributed by atoms with Crippen LogP contribution in [0.3, 0.4) is 0 Å². The molecule has 0 fully saturated rings. The van der Waals surface area contributed by atoms with E-state index in [0.717, 1.165) is 17.6 Å². The van der Waals surface area contributed by atoms with E-state index in [0.29, 0.717) is 11.5 Å². The van der Waals surface area contributed by atoms with Crippen LogP contribution in [0.25, 0.3) is 11.2 Å². The number of nitrogens with two attached hydrogens (primary N) is 1. The highest BCUT2D eigenvalue weighted by molar-refractivity contribution is 5.86. The van der Waals surface area contributed by atoms with E-state index in [2.05, 4.69) is 38.2 Å². The lowest BCUT2D eigenvalue weighted by molar-refractivity contribution is 1.13. The van der Waals surface area contributed by atoms with Gasteiger partial charge in [-0.25, -0.2) is 4.98 Å². The number of rotatable bonds is 3. The van der Waals surface area contributed by atoms with E-state index in [4.69, 9.17) is 5.73 Å². The molecule has 19 heavy (non-hydrogen) atoms. The predicted octanol–water partition coefficient (Wildman–Crippen LogP) is 2.24. The summed E-state index contributed by atoms with van der Waals surface area (Å²) in [6.45, 7) is 2.11. The maximum Gasteiger partial charge on any atom is 0.224 e. The number of imidazole rings is 1. The Labute approximate surface area is 110 Å². The van der Waals surface area contributed by atoms with Crippen LogP contribution in [0.5, 0.6) is 0 Å². The van der Waals surface area contributed by atoms with Crippen LogP contribution in [-0.2, 0) is 6.42 Å². The lowest BCUT2D eigenvalue weighted by Crippen LogP contribution is -2.02. The maximum atomic E-state index is 5.69. The van der Waals surface area contributed by atoms with Crippen molar-refractivity contribution >= 4 is 28.6 Å². The van der Waals surface area contributed by atoms with Crippen LogP contribution < -0.4 is 11.1 Å². The first-order valence-corrected chi connectivity index (χ1v) is 6.09. The summed E-state index contributed by atoms with van der Waals surface area (Å²) in [5.41, 5.74) is 9.23. The summed E-state index contributed by atoms with van der Waals surface area (Å²) in [6, 6.07) is 8.09. The first-order chi connectivity index (χ1) is 9.28. The van der Waals surface area contributed by atoms with Crippen LogP contribution in [0.1, 0.15) is 12.5 Å². The summed E-state index contributed by atoms with van der Waals surface area (Å²) < 4.78 is 0. The van der Waals surface area contributed by atoms with E-state index < -0.39 is 0 Å². The molecule has 3 rings (SSSR count). The highest BCUT2D eigenvalue weighted by Gasteiger charge is 2.09. The fraction of sp³-hybridized carbons (Fsp3) is 0.154. The second-order valence-corrected chi connectivity index (χ2v) is 4.17. The molecule has 0 aliphatic heterocycles. The SMILES string of the molecule is CCc1ccccc1Nc1nc(N)nc2nc[nH]c12. The third-order valence-corrected chi connectivity index (χ3v) is 2.95. The molecule has 0 aliphatic carbocycles. The smallest absolute Gasteiger partial charge is 0.224 e. The fourth-order valence-electron chi connectivity index (χ4n) is 2.02. The second kappa shape index (κ2) is 4.56. The van der Waals surface area contributed by atoms with Gasteiger partial charge in [-0.15, -0.1) is 0 Å². The average molecular weight is 254 g/mol. The van der Waals surface area contributed by atoms with Crippen molar-refractivity contribution < 1.29 is 0 Å². The van der Waals surface area contributed by atoms with Crippen molar-refractivity contribution in [3.63, 3.8) is 0 Å². The summed E-state index contributed by atoms with van der Waals surface area (Å²) in [7, 11) is 0. The van der Waals surface area contributed by atoms with Gasteiger partial charge in [0, 0.05) is 5.69 Å². The summed E-state index contributed by atoms with van der Waals surface area (Å²) in [5, 5.41) is 3.29. The first-order valence-electron chi connectivity index (χ1n) is 6.09. The molecule has 2 heterocycles. The van der Waals surface area contributed by atoms with Crippen LogP contribution in [0.4, 0.5) is 17.5 Å². The standard InChI is InChI=1S/C13H14N6/c1-2-8-5-3-4-6-9(8)17-12-10-11(16-7-15-10)18-13(14)19-12/h3-7H,2H2,1H3,(H4,14,15,16,17,18,19).